The first kappa shape index (κ1) is 12.4. The van der Waals surface area contributed by atoms with Gasteiger partial charge in [-0.3, -0.25) is 4.79 Å². The van der Waals surface area contributed by atoms with E-state index in [9.17, 15) is 9.59 Å². The molecule has 4 nitrogen and oxygen atoms in total. The Morgan fingerprint density at radius 1 is 1.15 bits per heavy atom. The van der Waals surface area contributed by atoms with Crippen molar-refractivity contribution in [2.45, 2.75) is 12.5 Å². The standard InChI is InChI=1S/C16H12O4/c17-13-9-14(10-4-2-1-3-5-10)20-15-8-11(16(18)19)6-7-12(13)15/h1-8,14H,9H2,(H,18,19)/t14-/m1/s1. The largest absolute Gasteiger partial charge is 0.484 e. The molecule has 4 heteroatoms. The summed E-state index contributed by atoms with van der Waals surface area (Å²) in [5, 5.41) is 8.99. The van der Waals surface area contributed by atoms with Crippen molar-refractivity contribution in [3.05, 3.63) is 65.2 Å². The summed E-state index contributed by atoms with van der Waals surface area (Å²) in [5.41, 5.74) is 1.47. The van der Waals surface area contributed by atoms with Crippen LogP contribution in [-0.4, -0.2) is 16.9 Å². The first-order valence-electron chi connectivity index (χ1n) is 6.27. The molecule has 0 bridgehead atoms. The SMILES string of the molecule is O=C(O)c1ccc2c(c1)O[C@@H](c1ccccc1)CC2=O. The number of carboxylic acids is 1. The van der Waals surface area contributed by atoms with Crippen molar-refractivity contribution in [3.63, 3.8) is 0 Å². The van der Waals surface area contributed by atoms with Crippen LogP contribution >= 0.6 is 0 Å². The normalized spacial score (nSPS) is 17.2. The Kier molecular flexibility index (Phi) is 2.99. The fourth-order valence-corrected chi connectivity index (χ4v) is 2.31. The highest BCUT2D eigenvalue weighted by Gasteiger charge is 2.28. The number of ether oxygens (including phenoxy) is 1. The third-order valence-electron chi connectivity index (χ3n) is 3.34. The molecule has 2 aromatic carbocycles. The number of ketones is 1. The number of rotatable bonds is 2. The monoisotopic (exact) mass is 268 g/mol. The van der Waals surface area contributed by atoms with E-state index in [0.29, 0.717) is 11.3 Å². The van der Waals surface area contributed by atoms with Crippen molar-refractivity contribution in [3.8, 4) is 5.75 Å². The lowest BCUT2D eigenvalue weighted by molar-refractivity contribution is 0.0692. The van der Waals surface area contributed by atoms with Crippen molar-refractivity contribution >= 4 is 11.8 Å². The molecule has 0 saturated heterocycles. The maximum absolute atomic E-state index is 12.1. The Morgan fingerprint density at radius 3 is 2.60 bits per heavy atom. The second-order valence-electron chi connectivity index (χ2n) is 4.66. The van der Waals surface area contributed by atoms with Gasteiger partial charge in [-0.15, -0.1) is 0 Å². The maximum Gasteiger partial charge on any atom is 0.335 e. The summed E-state index contributed by atoms with van der Waals surface area (Å²) in [6, 6.07) is 13.8. The zero-order valence-electron chi connectivity index (χ0n) is 10.6. The molecule has 1 heterocycles. The van der Waals surface area contributed by atoms with Crippen molar-refractivity contribution in [1.29, 1.82) is 0 Å². The molecule has 3 rings (SSSR count). The van der Waals surface area contributed by atoms with E-state index in [1.54, 1.807) is 0 Å². The van der Waals surface area contributed by atoms with Crippen LogP contribution < -0.4 is 4.74 Å². The zero-order valence-corrected chi connectivity index (χ0v) is 10.6. The molecule has 0 radical (unpaired) electrons. The maximum atomic E-state index is 12.1. The smallest absolute Gasteiger partial charge is 0.335 e. The number of carbonyl (C=O) groups is 2. The van der Waals surface area contributed by atoms with Crippen LogP contribution in [0.1, 0.15) is 38.8 Å². The third kappa shape index (κ3) is 2.16. The van der Waals surface area contributed by atoms with Gasteiger partial charge in [-0.2, -0.15) is 0 Å². The van der Waals surface area contributed by atoms with E-state index in [4.69, 9.17) is 9.84 Å². The molecule has 1 aliphatic rings. The van der Waals surface area contributed by atoms with Crippen molar-refractivity contribution < 1.29 is 19.4 Å². The average molecular weight is 268 g/mol. The quantitative estimate of drug-likeness (QED) is 0.909. The van der Waals surface area contributed by atoms with E-state index in [2.05, 4.69) is 0 Å². The molecular formula is C16H12O4. The van der Waals surface area contributed by atoms with E-state index < -0.39 is 5.97 Å². The molecule has 0 saturated carbocycles. The number of carbonyl (C=O) groups excluding carboxylic acids is 1. The zero-order chi connectivity index (χ0) is 14.1. The van der Waals surface area contributed by atoms with Gasteiger partial charge < -0.3 is 9.84 Å². The fourth-order valence-electron chi connectivity index (χ4n) is 2.31. The molecule has 0 spiro atoms. The second kappa shape index (κ2) is 4.81. The van der Waals surface area contributed by atoms with Gasteiger partial charge in [0.25, 0.3) is 0 Å². The molecule has 0 fully saturated rings. The van der Waals surface area contributed by atoms with Gasteiger partial charge in [-0.1, -0.05) is 30.3 Å². The number of aromatic carboxylic acids is 1. The number of hydrogen-bond acceptors (Lipinski definition) is 3. The highest BCUT2D eigenvalue weighted by atomic mass is 16.5. The van der Waals surface area contributed by atoms with E-state index in [1.165, 1.54) is 18.2 Å². The molecule has 0 amide bonds. The summed E-state index contributed by atoms with van der Waals surface area (Å²) in [6.07, 6.45) is -0.0936. The molecular weight excluding hydrogens is 256 g/mol. The first-order chi connectivity index (χ1) is 9.65. The third-order valence-corrected chi connectivity index (χ3v) is 3.34. The van der Waals surface area contributed by atoms with E-state index in [0.717, 1.165) is 5.56 Å². The number of benzene rings is 2. The van der Waals surface area contributed by atoms with Crippen molar-refractivity contribution in [2.75, 3.05) is 0 Å². The lowest BCUT2D eigenvalue weighted by atomic mass is 9.95. The summed E-state index contributed by atoms with van der Waals surface area (Å²) in [4.78, 5) is 23.1. The molecule has 2 aromatic rings. The summed E-state index contributed by atoms with van der Waals surface area (Å²) >= 11 is 0. The van der Waals surface area contributed by atoms with E-state index in [1.807, 2.05) is 30.3 Å². The van der Waals surface area contributed by atoms with Crippen molar-refractivity contribution in [1.82, 2.24) is 0 Å². The summed E-state index contributed by atoms with van der Waals surface area (Å²) < 4.78 is 5.80. The first-order valence-corrected chi connectivity index (χ1v) is 6.27. The van der Waals surface area contributed by atoms with Gasteiger partial charge in [0.15, 0.2) is 5.78 Å². The minimum absolute atomic E-state index is 0.0305. The second-order valence-corrected chi connectivity index (χ2v) is 4.66. The van der Waals surface area contributed by atoms with Gasteiger partial charge in [0.1, 0.15) is 11.9 Å². The van der Waals surface area contributed by atoms with E-state index in [-0.39, 0.29) is 23.9 Å². The molecule has 1 N–H and O–H groups in total. The topological polar surface area (TPSA) is 63.6 Å². The number of hydrogen-bond donors (Lipinski definition) is 1. The van der Waals surface area contributed by atoms with Gasteiger partial charge >= 0.3 is 5.97 Å². The van der Waals surface area contributed by atoms with Gasteiger partial charge in [0.05, 0.1) is 17.5 Å². The summed E-state index contributed by atoms with van der Waals surface area (Å²) in [7, 11) is 0. The molecule has 100 valence electrons. The predicted molar refractivity (Wildman–Crippen MR) is 72.2 cm³/mol. The van der Waals surface area contributed by atoms with Gasteiger partial charge in [-0.05, 0) is 23.8 Å². The minimum Gasteiger partial charge on any atom is -0.484 e. The van der Waals surface area contributed by atoms with Crippen molar-refractivity contribution in [2.24, 2.45) is 0 Å². The number of fused-ring (bicyclic) bond motifs is 1. The molecule has 0 unspecified atom stereocenters. The lowest BCUT2D eigenvalue weighted by Crippen LogP contribution is -2.20. The predicted octanol–water partition coefficient (Wildman–Crippen LogP) is 3.09. The van der Waals surface area contributed by atoms with Gasteiger partial charge in [0.2, 0.25) is 0 Å². The number of carboxylic acid groups (broad SMARTS) is 1. The summed E-state index contributed by atoms with van der Waals surface area (Å²) in [5.74, 6) is -0.724. The molecule has 1 aliphatic heterocycles. The van der Waals surface area contributed by atoms with Crippen LogP contribution in [0, 0.1) is 0 Å². The Hall–Kier alpha value is -2.62. The van der Waals surface area contributed by atoms with Crippen LogP contribution in [0.4, 0.5) is 0 Å². The highest BCUT2D eigenvalue weighted by Crippen LogP contribution is 2.35. The molecule has 20 heavy (non-hydrogen) atoms. The van der Waals surface area contributed by atoms with Crippen LogP contribution in [0.5, 0.6) is 5.75 Å². The summed E-state index contributed by atoms with van der Waals surface area (Å²) in [6.45, 7) is 0. The Morgan fingerprint density at radius 2 is 1.90 bits per heavy atom. The van der Waals surface area contributed by atoms with E-state index >= 15 is 0 Å². The molecule has 0 aliphatic carbocycles. The van der Waals surface area contributed by atoms with Crippen LogP contribution in [0.15, 0.2) is 48.5 Å². The fraction of sp³-hybridized carbons (Fsp3) is 0.125. The lowest BCUT2D eigenvalue weighted by Gasteiger charge is -2.25. The molecule has 1 atom stereocenters. The van der Waals surface area contributed by atoms with Crippen LogP contribution in [0.3, 0.4) is 0 Å². The van der Waals surface area contributed by atoms with Gasteiger partial charge in [0, 0.05) is 0 Å². The average Bonchev–Trinajstić information content (AvgIpc) is 2.47. The van der Waals surface area contributed by atoms with Crippen LogP contribution in [0.25, 0.3) is 0 Å². The van der Waals surface area contributed by atoms with Crippen LogP contribution in [-0.2, 0) is 0 Å². The number of Topliss-reactive ketones (excluding diaryl/α,β-unsaturated/α-hetero) is 1. The highest BCUT2D eigenvalue weighted by molar-refractivity contribution is 6.01. The van der Waals surface area contributed by atoms with Gasteiger partial charge in [-0.25, -0.2) is 4.79 Å². The Bertz CT molecular complexity index is 676. The Balaban J connectivity index is 1.99. The minimum atomic E-state index is -1.04. The van der Waals surface area contributed by atoms with Crippen LogP contribution in [0.2, 0.25) is 0 Å². The molecule has 0 aromatic heterocycles. The Labute approximate surface area is 115 Å².